The Balaban J connectivity index is 1.62. The quantitative estimate of drug-likeness (QED) is 0.561. The highest BCUT2D eigenvalue weighted by Crippen LogP contribution is 2.47. The van der Waals surface area contributed by atoms with Crippen LogP contribution in [0.4, 0.5) is 0 Å². The molecule has 3 atom stereocenters. The van der Waals surface area contributed by atoms with Crippen molar-refractivity contribution in [2.24, 2.45) is 5.92 Å². The molecule has 2 aromatic carbocycles. The number of carboxylic acid groups (broad SMARTS) is 1. The molecule has 4 rings (SSSR count). The predicted molar refractivity (Wildman–Crippen MR) is 116 cm³/mol. The first-order chi connectivity index (χ1) is 15.6. The first-order valence-corrected chi connectivity index (χ1v) is 10.7. The summed E-state index contributed by atoms with van der Waals surface area (Å²) in [6.45, 7) is 2.93. The molecule has 0 saturated carbocycles. The molecular formula is C24H29NO7. The monoisotopic (exact) mass is 443 g/mol. The van der Waals surface area contributed by atoms with Crippen LogP contribution < -0.4 is 14.2 Å². The van der Waals surface area contributed by atoms with Gasteiger partial charge < -0.3 is 28.8 Å². The highest BCUT2D eigenvalue weighted by atomic mass is 16.7. The van der Waals surface area contributed by atoms with Gasteiger partial charge in [0.25, 0.3) is 0 Å². The Hall–Kier alpha value is -2.81. The number of carbonyl (C=O) groups is 1. The molecule has 2 aliphatic heterocycles. The van der Waals surface area contributed by atoms with E-state index < -0.39 is 11.9 Å². The fourth-order valence-electron chi connectivity index (χ4n) is 4.57. The van der Waals surface area contributed by atoms with E-state index in [0.29, 0.717) is 44.4 Å². The van der Waals surface area contributed by atoms with E-state index in [0.717, 1.165) is 16.9 Å². The van der Waals surface area contributed by atoms with Gasteiger partial charge in [-0.2, -0.15) is 0 Å². The van der Waals surface area contributed by atoms with Crippen LogP contribution in [0.3, 0.4) is 0 Å². The number of ether oxygens (including phenoxy) is 5. The second-order valence-electron chi connectivity index (χ2n) is 7.90. The van der Waals surface area contributed by atoms with E-state index in [9.17, 15) is 9.90 Å². The lowest BCUT2D eigenvalue weighted by molar-refractivity contribution is -0.143. The maximum Gasteiger partial charge on any atom is 0.309 e. The van der Waals surface area contributed by atoms with Crippen LogP contribution in [0.2, 0.25) is 0 Å². The molecule has 8 nitrogen and oxygen atoms in total. The summed E-state index contributed by atoms with van der Waals surface area (Å²) in [5.74, 6) is 0.440. The number of aliphatic carboxylic acids is 1. The Morgan fingerprint density at radius 2 is 1.78 bits per heavy atom. The molecule has 1 N–H and O–H groups in total. The lowest BCUT2D eigenvalue weighted by atomic mass is 9.82. The molecule has 2 heterocycles. The number of benzene rings is 2. The molecular weight excluding hydrogens is 414 g/mol. The fourth-order valence-corrected chi connectivity index (χ4v) is 4.57. The number of carboxylic acids is 1. The first-order valence-electron chi connectivity index (χ1n) is 10.7. The van der Waals surface area contributed by atoms with Crippen LogP contribution in [0.25, 0.3) is 0 Å². The normalized spacial score (nSPS) is 22.2. The van der Waals surface area contributed by atoms with Gasteiger partial charge in [0.1, 0.15) is 5.75 Å². The summed E-state index contributed by atoms with van der Waals surface area (Å²) in [6, 6.07) is 13.0. The van der Waals surface area contributed by atoms with Gasteiger partial charge in [0.05, 0.1) is 32.8 Å². The van der Waals surface area contributed by atoms with Gasteiger partial charge in [-0.15, -0.1) is 0 Å². The van der Waals surface area contributed by atoms with Gasteiger partial charge in [-0.3, -0.25) is 9.69 Å². The van der Waals surface area contributed by atoms with Gasteiger partial charge in [0.15, 0.2) is 11.5 Å². The number of rotatable bonds is 10. The van der Waals surface area contributed by atoms with Crippen molar-refractivity contribution in [2.75, 3.05) is 53.9 Å². The van der Waals surface area contributed by atoms with Gasteiger partial charge in [0, 0.05) is 32.2 Å². The Morgan fingerprint density at radius 1 is 1.03 bits per heavy atom. The minimum absolute atomic E-state index is 0.186. The second-order valence-corrected chi connectivity index (χ2v) is 7.90. The topological polar surface area (TPSA) is 86.7 Å². The fraction of sp³-hybridized carbons (Fsp3) is 0.458. The molecule has 0 aliphatic carbocycles. The summed E-state index contributed by atoms with van der Waals surface area (Å²) in [5, 5.41) is 10.3. The minimum atomic E-state index is -0.823. The van der Waals surface area contributed by atoms with Crippen LogP contribution >= 0.6 is 0 Å². The molecule has 8 heteroatoms. The highest BCUT2D eigenvalue weighted by Gasteiger charge is 2.47. The van der Waals surface area contributed by atoms with E-state index in [4.69, 9.17) is 23.7 Å². The van der Waals surface area contributed by atoms with E-state index >= 15 is 0 Å². The summed E-state index contributed by atoms with van der Waals surface area (Å²) in [4.78, 5) is 14.7. The minimum Gasteiger partial charge on any atom is -0.497 e. The molecule has 0 spiro atoms. The van der Waals surface area contributed by atoms with E-state index in [1.807, 2.05) is 42.5 Å². The van der Waals surface area contributed by atoms with Gasteiger partial charge in [-0.1, -0.05) is 18.2 Å². The smallest absolute Gasteiger partial charge is 0.309 e. The molecule has 1 saturated heterocycles. The molecule has 0 amide bonds. The molecule has 0 radical (unpaired) electrons. The van der Waals surface area contributed by atoms with Gasteiger partial charge in [0.2, 0.25) is 6.79 Å². The largest absolute Gasteiger partial charge is 0.497 e. The number of nitrogens with zero attached hydrogens (tertiary/aromatic N) is 1. The number of hydrogen-bond donors (Lipinski definition) is 1. The third-order valence-corrected chi connectivity index (χ3v) is 6.12. The third kappa shape index (κ3) is 4.67. The molecule has 2 aliphatic rings. The molecule has 172 valence electrons. The lowest BCUT2D eigenvalue weighted by Gasteiger charge is -2.27. The first kappa shape index (κ1) is 22.4. The average Bonchev–Trinajstić information content (AvgIpc) is 3.43. The summed E-state index contributed by atoms with van der Waals surface area (Å²) in [7, 11) is 3.25. The Labute approximate surface area is 187 Å². The zero-order valence-electron chi connectivity index (χ0n) is 18.4. The summed E-state index contributed by atoms with van der Waals surface area (Å²) >= 11 is 0. The zero-order chi connectivity index (χ0) is 22.5. The van der Waals surface area contributed by atoms with E-state index in [2.05, 4.69) is 4.90 Å². The average molecular weight is 443 g/mol. The maximum absolute atomic E-state index is 12.5. The van der Waals surface area contributed by atoms with Crippen molar-refractivity contribution in [3.05, 3.63) is 53.6 Å². The van der Waals surface area contributed by atoms with E-state index in [1.165, 1.54) is 0 Å². The van der Waals surface area contributed by atoms with Gasteiger partial charge in [-0.25, -0.2) is 0 Å². The van der Waals surface area contributed by atoms with Crippen LogP contribution in [0.15, 0.2) is 42.5 Å². The Morgan fingerprint density at radius 3 is 2.50 bits per heavy atom. The Kier molecular flexibility index (Phi) is 7.14. The third-order valence-electron chi connectivity index (χ3n) is 6.12. The van der Waals surface area contributed by atoms with E-state index in [1.54, 1.807) is 14.2 Å². The van der Waals surface area contributed by atoms with E-state index in [-0.39, 0.29) is 18.8 Å². The number of fused-ring (bicyclic) bond motifs is 1. The number of likely N-dealkylation sites (tertiary alicyclic amines) is 1. The zero-order valence-corrected chi connectivity index (χ0v) is 18.4. The van der Waals surface area contributed by atoms with Crippen molar-refractivity contribution in [3.8, 4) is 17.2 Å². The molecule has 0 bridgehead atoms. The molecule has 2 aromatic rings. The molecule has 3 unspecified atom stereocenters. The van der Waals surface area contributed by atoms with Gasteiger partial charge >= 0.3 is 5.97 Å². The van der Waals surface area contributed by atoms with Crippen LogP contribution in [-0.2, 0) is 14.3 Å². The number of methoxy groups -OCH3 is 2. The van der Waals surface area contributed by atoms with Crippen LogP contribution in [0.1, 0.15) is 23.1 Å². The van der Waals surface area contributed by atoms with Crippen LogP contribution in [0, 0.1) is 5.92 Å². The molecule has 32 heavy (non-hydrogen) atoms. The molecule has 1 fully saturated rings. The van der Waals surface area contributed by atoms with Crippen molar-refractivity contribution >= 4 is 5.97 Å². The van der Waals surface area contributed by atoms with Crippen molar-refractivity contribution < 1.29 is 33.6 Å². The second kappa shape index (κ2) is 10.2. The Bertz CT molecular complexity index is 917. The van der Waals surface area contributed by atoms with Gasteiger partial charge in [-0.05, 0) is 35.4 Å². The predicted octanol–water partition coefficient (Wildman–Crippen LogP) is 2.93. The summed E-state index contributed by atoms with van der Waals surface area (Å²) in [5.41, 5.74) is 1.88. The molecule has 0 aromatic heterocycles. The summed E-state index contributed by atoms with van der Waals surface area (Å²) in [6.07, 6.45) is 0. The lowest BCUT2D eigenvalue weighted by Crippen LogP contribution is -2.31. The number of hydrogen-bond acceptors (Lipinski definition) is 7. The maximum atomic E-state index is 12.5. The van der Waals surface area contributed by atoms with Crippen molar-refractivity contribution in [1.29, 1.82) is 0 Å². The van der Waals surface area contributed by atoms with Crippen molar-refractivity contribution in [1.82, 2.24) is 4.90 Å². The summed E-state index contributed by atoms with van der Waals surface area (Å²) < 4.78 is 27.0. The van der Waals surface area contributed by atoms with Crippen molar-refractivity contribution in [3.63, 3.8) is 0 Å². The van der Waals surface area contributed by atoms with Crippen LogP contribution in [0.5, 0.6) is 17.2 Å². The van der Waals surface area contributed by atoms with Crippen molar-refractivity contribution in [2.45, 2.75) is 12.0 Å². The highest BCUT2D eigenvalue weighted by molar-refractivity contribution is 5.74. The standard InChI is InChI=1S/C24H29NO7/c1-28-11-12-30-10-9-25-14-19(17-5-8-20-21(13-17)32-15-31-20)22(24(26)27)23(25)16-3-6-18(29-2)7-4-16/h3-8,13,19,22-23H,9-12,14-15H2,1-2H3,(H,26,27). The SMILES string of the molecule is COCCOCCN1CC(c2ccc3c(c2)OCO3)C(C(=O)O)C1c1ccc(OC)cc1. The van der Waals surface area contributed by atoms with Crippen LogP contribution in [-0.4, -0.2) is 69.9 Å².